The molecule has 0 aliphatic heterocycles. The van der Waals surface area contributed by atoms with Gasteiger partial charge >= 0.3 is 0 Å². The van der Waals surface area contributed by atoms with Gasteiger partial charge in [0.25, 0.3) is 5.91 Å². The van der Waals surface area contributed by atoms with E-state index in [-0.39, 0.29) is 11.5 Å². The number of carbonyl (C=O) groups is 1. The molecule has 0 fully saturated rings. The number of aromatic nitrogens is 2. The average molecular weight is 231 g/mol. The fourth-order valence-electron chi connectivity index (χ4n) is 0.830. The quantitative estimate of drug-likeness (QED) is 0.442. The highest BCUT2D eigenvalue weighted by Crippen LogP contribution is 2.13. The van der Waals surface area contributed by atoms with E-state index in [0.717, 1.165) is 0 Å². The van der Waals surface area contributed by atoms with Gasteiger partial charge < -0.3 is 10.7 Å². The summed E-state index contributed by atoms with van der Waals surface area (Å²) in [6, 6.07) is 0. The SMILES string of the molecule is CN(CCCl)N=Nc1nc[nH]c1C(N)=O. The number of primary amides is 1. The molecule has 0 spiro atoms. The number of amides is 1. The number of rotatable bonds is 5. The standard InChI is InChI=1S/C7H11ClN6O/c1-14(3-2-8)13-12-7-5(6(9)15)10-4-11-7/h4H,2-3H2,1H3,(H2,9,15)(H,10,11). The van der Waals surface area contributed by atoms with Gasteiger partial charge in [-0.05, 0) is 0 Å². The van der Waals surface area contributed by atoms with Gasteiger partial charge in [0.2, 0.25) is 5.82 Å². The van der Waals surface area contributed by atoms with Gasteiger partial charge in [-0.15, -0.1) is 16.7 Å². The highest BCUT2D eigenvalue weighted by atomic mass is 35.5. The Morgan fingerprint density at radius 3 is 3.13 bits per heavy atom. The van der Waals surface area contributed by atoms with E-state index in [9.17, 15) is 4.79 Å². The number of imidazole rings is 1. The van der Waals surface area contributed by atoms with Crippen LogP contribution in [-0.2, 0) is 0 Å². The van der Waals surface area contributed by atoms with E-state index in [1.807, 2.05) is 0 Å². The normalized spacial score (nSPS) is 10.8. The number of nitrogens with zero attached hydrogens (tertiary/aromatic N) is 4. The Balaban J connectivity index is 2.71. The van der Waals surface area contributed by atoms with E-state index < -0.39 is 5.91 Å². The molecule has 0 aliphatic rings. The summed E-state index contributed by atoms with van der Waals surface area (Å²) in [6.07, 6.45) is 1.33. The van der Waals surface area contributed by atoms with Crippen LogP contribution in [0, 0.1) is 0 Å². The van der Waals surface area contributed by atoms with Crippen LogP contribution in [0.4, 0.5) is 5.82 Å². The maximum absolute atomic E-state index is 10.9. The minimum atomic E-state index is -0.624. The molecule has 0 aromatic carbocycles. The number of halogens is 1. The Bertz CT molecular complexity index is 362. The third-order valence-corrected chi connectivity index (χ3v) is 1.74. The summed E-state index contributed by atoms with van der Waals surface area (Å²) in [4.78, 5) is 17.2. The number of aromatic amines is 1. The summed E-state index contributed by atoms with van der Waals surface area (Å²) in [5, 5.41) is 9.07. The van der Waals surface area contributed by atoms with Crippen molar-refractivity contribution in [2.45, 2.75) is 0 Å². The van der Waals surface area contributed by atoms with Gasteiger partial charge in [-0.3, -0.25) is 9.80 Å². The molecular weight excluding hydrogens is 220 g/mol. The predicted molar refractivity (Wildman–Crippen MR) is 55.0 cm³/mol. The van der Waals surface area contributed by atoms with E-state index >= 15 is 0 Å². The lowest BCUT2D eigenvalue weighted by atomic mass is 10.4. The van der Waals surface area contributed by atoms with E-state index in [1.165, 1.54) is 11.3 Å². The molecule has 15 heavy (non-hydrogen) atoms. The zero-order chi connectivity index (χ0) is 11.3. The molecule has 1 aromatic heterocycles. The van der Waals surface area contributed by atoms with Crippen LogP contribution in [0.3, 0.4) is 0 Å². The topological polar surface area (TPSA) is 99.7 Å². The number of nitrogens with two attached hydrogens (primary N) is 1. The van der Waals surface area contributed by atoms with Crippen molar-refractivity contribution in [3.63, 3.8) is 0 Å². The van der Waals surface area contributed by atoms with Crippen LogP contribution in [-0.4, -0.2) is 40.4 Å². The Kier molecular flexibility index (Phi) is 4.04. The van der Waals surface area contributed by atoms with Crippen LogP contribution < -0.4 is 5.73 Å². The van der Waals surface area contributed by atoms with Gasteiger partial charge in [0.15, 0.2) is 5.69 Å². The van der Waals surface area contributed by atoms with E-state index in [0.29, 0.717) is 12.4 Å². The van der Waals surface area contributed by atoms with Gasteiger partial charge in [0, 0.05) is 12.9 Å². The Labute approximate surface area is 91.3 Å². The lowest BCUT2D eigenvalue weighted by molar-refractivity contribution is 0.0996. The van der Waals surface area contributed by atoms with Crippen molar-refractivity contribution in [3.8, 4) is 0 Å². The molecule has 1 heterocycles. The maximum Gasteiger partial charge on any atom is 0.269 e. The Morgan fingerprint density at radius 2 is 2.53 bits per heavy atom. The smallest absolute Gasteiger partial charge is 0.269 e. The monoisotopic (exact) mass is 230 g/mol. The van der Waals surface area contributed by atoms with Crippen molar-refractivity contribution in [2.75, 3.05) is 19.5 Å². The fraction of sp³-hybridized carbons (Fsp3) is 0.429. The molecule has 0 atom stereocenters. The van der Waals surface area contributed by atoms with Crippen molar-refractivity contribution in [3.05, 3.63) is 12.0 Å². The van der Waals surface area contributed by atoms with Crippen LogP contribution >= 0.6 is 11.6 Å². The summed E-state index contributed by atoms with van der Waals surface area (Å²) in [7, 11) is 1.71. The van der Waals surface area contributed by atoms with Crippen molar-refractivity contribution in [1.82, 2.24) is 15.0 Å². The molecule has 1 aromatic rings. The first-order valence-electron chi connectivity index (χ1n) is 4.17. The first-order valence-corrected chi connectivity index (χ1v) is 4.70. The molecule has 0 radical (unpaired) electrons. The Morgan fingerprint density at radius 1 is 1.80 bits per heavy atom. The van der Waals surface area contributed by atoms with Gasteiger partial charge in [-0.2, -0.15) is 0 Å². The third-order valence-electron chi connectivity index (χ3n) is 1.57. The number of alkyl halides is 1. The summed E-state index contributed by atoms with van der Waals surface area (Å²) < 4.78 is 0. The van der Waals surface area contributed by atoms with Crippen molar-refractivity contribution >= 4 is 23.3 Å². The number of hydrogen-bond donors (Lipinski definition) is 2. The fourth-order valence-corrected chi connectivity index (χ4v) is 1.07. The van der Waals surface area contributed by atoms with Crippen molar-refractivity contribution in [2.24, 2.45) is 16.1 Å². The van der Waals surface area contributed by atoms with E-state index in [4.69, 9.17) is 17.3 Å². The van der Waals surface area contributed by atoms with Gasteiger partial charge in [-0.25, -0.2) is 4.98 Å². The molecule has 0 saturated carbocycles. The third kappa shape index (κ3) is 3.21. The minimum absolute atomic E-state index is 0.137. The lowest BCUT2D eigenvalue weighted by Crippen LogP contribution is -2.13. The lowest BCUT2D eigenvalue weighted by Gasteiger charge is -2.06. The molecule has 1 rings (SSSR count). The summed E-state index contributed by atoms with van der Waals surface area (Å²) in [5.41, 5.74) is 5.21. The van der Waals surface area contributed by atoms with Crippen molar-refractivity contribution in [1.29, 1.82) is 0 Å². The number of nitrogens with one attached hydrogen (secondary N) is 1. The largest absolute Gasteiger partial charge is 0.364 e. The highest BCUT2D eigenvalue weighted by Gasteiger charge is 2.09. The zero-order valence-electron chi connectivity index (χ0n) is 8.14. The molecule has 0 bridgehead atoms. The first kappa shape index (κ1) is 11.4. The first-order chi connectivity index (χ1) is 7.15. The van der Waals surface area contributed by atoms with Crippen LogP contribution in [0.25, 0.3) is 0 Å². The van der Waals surface area contributed by atoms with Crippen LogP contribution in [0.15, 0.2) is 16.7 Å². The molecule has 1 amide bonds. The molecule has 0 unspecified atom stereocenters. The van der Waals surface area contributed by atoms with Gasteiger partial charge in [0.05, 0.1) is 12.9 Å². The minimum Gasteiger partial charge on any atom is -0.364 e. The number of H-pyrrole nitrogens is 1. The number of hydrogen-bond acceptors (Lipinski definition) is 4. The van der Waals surface area contributed by atoms with Crippen LogP contribution in [0.5, 0.6) is 0 Å². The van der Waals surface area contributed by atoms with Gasteiger partial charge in [0.1, 0.15) is 0 Å². The molecule has 7 nitrogen and oxygen atoms in total. The van der Waals surface area contributed by atoms with Gasteiger partial charge in [-0.1, -0.05) is 5.22 Å². The molecule has 8 heteroatoms. The van der Waals surface area contributed by atoms with Crippen molar-refractivity contribution < 1.29 is 4.79 Å². The molecule has 82 valence electrons. The van der Waals surface area contributed by atoms with Crippen LogP contribution in [0.1, 0.15) is 10.5 Å². The Hall–Kier alpha value is -1.63. The second kappa shape index (κ2) is 5.30. The maximum atomic E-state index is 10.9. The van der Waals surface area contributed by atoms with Crippen LogP contribution in [0.2, 0.25) is 0 Å². The summed E-state index contributed by atoms with van der Waals surface area (Å²) >= 11 is 5.50. The van der Waals surface area contributed by atoms with E-state index in [2.05, 4.69) is 20.3 Å². The summed E-state index contributed by atoms with van der Waals surface area (Å²) in [6.45, 7) is 0.557. The summed E-state index contributed by atoms with van der Waals surface area (Å²) in [5.74, 6) is -0.0101. The molecule has 0 aliphatic carbocycles. The highest BCUT2D eigenvalue weighted by molar-refractivity contribution is 6.18. The zero-order valence-corrected chi connectivity index (χ0v) is 8.90. The predicted octanol–water partition coefficient (Wildman–Crippen LogP) is 0.678. The number of carbonyl (C=O) groups excluding carboxylic acids is 1. The molecule has 3 N–H and O–H groups in total. The second-order valence-electron chi connectivity index (χ2n) is 2.73. The molecule has 0 saturated heterocycles. The van der Waals surface area contributed by atoms with E-state index in [1.54, 1.807) is 7.05 Å². The second-order valence-corrected chi connectivity index (χ2v) is 3.10. The molecular formula is C7H11ClN6O. The average Bonchev–Trinajstić information content (AvgIpc) is 2.63.